The van der Waals surface area contributed by atoms with Crippen LogP contribution in [0.25, 0.3) is 92.7 Å². The first kappa shape index (κ1) is 28.6. The Labute approximate surface area is 293 Å². The van der Waals surface area contributed by atoms with Crippen molar-refractivity contribution in [2.75, 3.05) is 0 Å². The Morgan fingerprint density at radius 2 is 0.980 bits per heavy atom. The zero-order valence-corrected chi connectivity index (χ0v) is 27.8. The van der Waals surface area contributed by atoms with Crippen molar-refractivity contribution in [1.82, 2.24) is 14.5 Å². The first-order chi connectivity index (χ1) is 24.8. The highest BCUT2D eigenvalue weighted by Crippen LogP contribution is 2.43. The number of para-hydroxylation sites is 1. The zero-order chi connectivity index (χ0) is 33.0. The summed E-state index contributed by atoms with van der Waals surface area (Å²) in [4.78, 5) is 10.6. The summed E-state index contributed by atoms with van der Waals surface area (Å²) in [5.74, 6) is 0.710. The lowest BCUT2D eigenvalue weighted by Crippen LogP contribution is -1.97. The molecule has 10 rings (SSSR count). The Morgan fingerprint density at radius 3 is 1.76 bits per heavy atom. The molecule has 0 N–H and O–H groups in total. The molecule has 0 amide bonds. The molecule has 0 aliphatic carbocycles. The molecular formula is C46H29N3S. The zero-order valence-electron chi connectivity index (χ0n) is 27.0. The fourth-order valence-corrected chi connectivity index (χ4v) is 8.52. The number of fused-ring (bicyclic) bond motifs is 6. The van der Waals surface area contributed by atoms with Gasteiger partial charge in [0.2, 0.25) is 0 Å². The van der Waals surface area contributed by atoms with Gasteiger partial charge in [0, 0.05) is 42.9 Å². The van der Waals surface area contributed by atoms with E-state index < -0.39 is 0 Å². The van der Waals surface area contributed by atoms with E-state index in [0.29, 0.717) is 5.82 Å². The maximum absolute atomic E-state index is 5.30. The quantitative estimate of drug-likeness (QED) is 0.185. The Balaban J connectivity index is 1.21. The smallest absolute Gasteiger partial charge is 0.161 e. The third kappa shape index (κ3) is 4.65. The normalized spacial score (nSPS) is 11.6. The fourth-order valence-electron chi connectivity index (χ4n) is 7.31. The van der Waals surface area contributed by atoms with E-state index in [2.05, 4.69) is 168 Å². The number of aromatic nitrogens is 3. The largest absolute Gasteiger partial charge is 0.308 e. The molecule has 0 saturated heterocycles. The third-order valence-electron chi connectivity index (χ3n) is 9.65. The van der Waals surface area contributed by atoms with Crippen molar-refractivity contribution in [1.29, 1.82) is 0 Å². The van der Waals surface area contributed by atoms with Crippen molar-refractivity contribution in [3.05, 3.63) is 176 Å². The van der Waals surface area contributed by atoms with Crippen LogP contribution < -0.4 is 0 Å². The predicted octanol–water partition coefficient (Wildman–Crippen LogP) is 12.6. The number of benzene rings is 7. The van der Waals surface area contributed by atoms with Gasteiger partial charge in [0.15, 0.2) is 5.82 Å². The summed E-state index contributed by atoms with van der Waals surface area (Å²) < 4.78 is 5.01. The summed E-state index contributed by atoms with van der Waals surface area (Å²) in [6, 6.07) is 62.3. The van der Waals surface area contributed by atoms with E-state index in [0.717, 1.165) is 44.5 Å². The fraction of sp³-hybridized carbons (Fsp3) is 0. The van der Waals surface area contributed by atoms with E-state index in [-0.39, 0.29) is 0 Å². The van der Waals surface area contributed by atoms with Crippen molar-refractivity contribution >= 4 is 53.3 Å². The Hall–Kier alpha value is -6.36. The van der Waals surface area contributed by atoms with Gasteiger partial charge in [-0.2, -0.15) is 0 Å². The van der Waals surface area contributed by atoms with Crippen molar-refractivity contribution in [2.24, 2.45) is 0 Å². The summed E-state index contributed by atoms with van der Waals surface area (Å²) in [6.45, 7) is 0. The van der Waals surface area contributed by atoms with Crippen LogP contribution in [-0.4, -0.2) is 14.5 Å². The molecule has 4 heteroatoms. The number of rotatable bonds is 5. The lowest BCUT2D eigenvalue weighted by molar-refractivity contribution is 1.18. The van der Waals surface area contributed by atoms with Crippen molar-refractivity contribution in [3.63, 3.8) is 0 Å². The molecule has 0 aliphatic rings. The van der Waals surface area contributed by atoms with Gasteiger partial charge in [-0.05, 0) is 41.5 Å². The van der Waals surface area contributed by atoms with E-state index >= 15 is 0 Å². The van der Waals surface area contributed by atoms with E-state index in [1.807, 2.05) is 23.5 Å². The molecule has 0 bridgehead atoms. The van der Waals surface area contributed by atoms with Gasteiger partial charge in [-0.15, -0.1) is 11.3 Å². The molecule has 0 spiro atoms. The average molecular weight is 656 g/mol. The van der Waals surface area contributed by atoms with Gasteiger partial charge in [-0.1, -0.05) is 146 Å². The molecule has 50 heavy (non-hydrogen) atoms. The molecule has 3 nitrogen and oxygen atoms in total. The van der Waals surface area contributed by atoms with E-state index in [1.54, 1.807) is 0 Å². The molecule has 3 aromatic heterocycles. The van der Waals surface area contributed by atoms with Gasteiger partial charge < -0.3 is 4.57 Å². The molecular weight excluding hydrogens is 627 g/mol. The number of nitrogens with zero attached hydrogens (tertiary/aromatic N) is 3. The summed E-state index contributed by atoms with van der Waals surface area (Å²) in [5, 5.41) is 4.91. The Bertz CT molecular complexity index is 2850. The van der Waals surface area contributed by atoms with Crippen LogP contribution in [0.15, 0.2) is 176 Å². The maximum Gasteiger partial charge on any atom is 0.161 e. The molecule has 10 aromatic rings. The Morgan fingerprint density at radius 1 is 0.420 bits per heavy atom. The van der Waals surface area contributed by atoms with Crippen LogP contribution in [0, 0.1) is 0 Å². The number of thiophene rings is 1. The van der Waals surface area contributed by atoms with Gasteiger partial charge in [0.1, 0.15) is 0 Å². The lowest BCUT2D eigenvalue weighted by Gasteiger charge is -2.12. The first-order valence-electron chi connectivity index (χ1n) is 16.8. The third-order valence-corrected chi connectivity index (χ3v) is 10.9. The predicted molar refractivity (Wildman–Crippen MR) is 211 cm³/mol. The van der Waals surface area contributed by atoms with Crippen LogP contribution in [-0.2, 0) is 0 Å². The second kappa shape index (κ2) is 11.7. The topological polar surface area (TPSA) is 30.7 Å². The second-order valence-electron chi connectivity index (χ2n) is 12.6. The van der Waals surface area contributed by atoms with E-state index in [4.69, 9.17) is 9.97 Å². The van der Waals surface area contributed by atoms with Crippen molar-refractivity contribution in [3.8, 4) is 50.7 Å². The highest BCUT2D eigenvalue weighted by atomic mass is 32.1. The minimum absolute atomic E-state index is 0.710. The molecule has 7 aromatic carbocycles. The lowest BCUT2D eigenvalue weighted by atomic mass is 10.0. The van der Waals surface area contributed by atoms with Crippen molar-refractivity contribution in [2.45, 2.75) is 0 Å². The molecule has 3 heterocycles. The van der Waals surface area contributed by atoms with E-state index in [1.165, 1.54) is 42.4 Å². The average Bonchev–Trinajstić information content (AvgIpc) is 3.75. The number of hydrogen-bond acceptors (Lipinski definition) is 3. The van der Waals surface area contributed by atoms with Gasteiger partial charge in [0.25, 0.3) is 0 Å². The minimum Gasteiger partial charge on any atom is -0.308 e. The van der Waals surface area contributed by atoms with Crippen LogP contribution in [0.1, 0.15) is 0 Å². The molecule has 0 radical (unpaired) electrons. The van der Waals surface area contributed by atoms with Crippen LogP contribution >= 0.6 is 11.3 Å². The minimum atomic E-state index is 0.710. The van der Waals surface area contributed by atoms with Crippen LogP contribution in [0.3, 0.4) is 0 Å². The monoisotopic (exact) mass is 655 g/mol. The second-order valence-corrected chi connectivity index (χ2v) is 13.6. The first-order valence-corrected chi connectivity index (χ1v) is 17.7. The molecule has 0 atom stereocenters. The Kier molecular flexibility index (Phi) is 6.68. The maximum atomic E-state index is 5.30. The highest BCUT2D eigenvalue weighted by molar-refractivity contribution is 7.26. The SMILES string of the molecule is c1ccc(-c2ccc(-c3cc(-c4ccccc4)nc(-c4cccc5c4c4ccccc4n5-c4cccc5c4sc4ccccc45)n3)cc2)cc1. The molecule has 0 saturated carbocycles. The van der Waals surface area contributed by atoms with Gasteiger partial charge >= 0.3 is 0 Å². The molecule has 0 unspecified atom stereocenters. The standard InChI is InChI=1S/C46H29N3S/c1-3-13-30(14-4-1)31-25-27-33(28-26-31)39-29-38(32-15-5-2-6-16-32)47-46(48-39)37-20-12-22-41-44(37)36-18-7-9-21-40(36)49(41)42-23-11-19-35-34-17-8-10-24-43(34)50-45(35)42/h1-29H. The summed E-state index contributed by atoms with van der Waals surface area (Å²) in [5.41, 5.74) is 10.8. The highest BCUT2D eigenvalue weighted by Gasteiger charge is 2.20. The van der Waals surface area contributed by atoms with Crippen LogP contribution in [0.5, 0.6) is 0 Å². The van der Waals surface area contributed by atoms with Crippen LogP contribution in [0.4, 0.5) is 0 Å². The summed E-state index contributed by atoms with van der Waals surface area (Å²) >= 11 is 1.86. The van der Waals surface area contributed by atoms with Gasteiger partial charge in [-0.3, -0.25) is 0 Å². The van der Waals surface area contributed by atoms with E-state index in [9.17, 15) is 0 Å². The molecule has 234 valence electrons. The van der Waals surface area contributed by atoms with Gasteiger partial charge in [0.05, 0.1) is 32.8 Å². The summed E-state index contributed by atoms with van der Waals surface area (Å²) in [7, 11) is 0. The van der Waals surface area contributed by atoms with Gasteiger partial charge in [-0.25, -0.2) is 9.97 Å². The van der Waals surface area contributed by atoms with Crippen LogP contribution in [0.2, 0.25) is 0 Å². The summed E-state index contributed by atoms with van der Waals surface area (Å²) in [6.07, 6.45) is 0. The molecule has 0 aliphatic heterocycles. The molecule has 0 fully saturated rings. The van der Waals surface area contributed by atoms with Crippen molar-refractivity contribution < 1.29 is 0 Å². The number of hydrogen-bond donors (Lipinski definition) is 0.